The Hall–Kier alpha value is -1.58. The number of unbranched alkanes of at least 4 members (excludes halogenated alkanes) is 1. The van der Waals surface area contributed by atoms with E-state index < -0.39 is 0 Å². The van der Waals surface area contributed by atoms with Gasteiger partial charge in [-0.2, -0.15) is 0 Å². The molecule has 0 N–H and O–H groups in total. The van der Waals surface area contributed by atoms with Gasteiger partial charge in [-0.05, 0) is 26.0 Å². The minimum atomic E-state index is -0.284. The molecule has 0 aromatic heterocycles. The Morgan fingerprint density at radius 1 is 1.56 bits per heavy atom. The summed E-state index contributed by atoms with van der Waals surface area (Å²) in [7, 11) is 0. The van der Waals surface area contributed by atoms with Crippen molar-refractivity contribution >= 4 is 11.9 Å². The van der Waals surface area contributed by atoms with E-state index in [1.54, 1.807) is 18.0 Å². The Labute approximate surface area is 109 Å². The number of carbonyl (C=O) groups excluding carboxylic acids is 2. The first kappa shape index (κ1) is 16.4. The molecule has 4 heteroatoms. The number of hydrogen-bond acceptors (Lipinski definition) is 3. The van der Waals surface area contributed by atoms with Crippen molar-refractivity contribution in [1.82, 2.24) is 4.90 Å². The lowest BCUT2D eigenvalue weighted by molar-refractivity contribution is -0.139. The summed E-state index contributed by atoms with van der Waals surface area (Å²) >= 11 is 0. The van der Waals surface area contributed by atoms with E-state index in [0.717, 1.165) is 25.8 Å². The molecule has 0 bridgehead atoms. The van der Waals surface area contributed by atoms with Gasteiger partial charge >= 0.3 is 5.97 Å². The van der Waals surface area contributed by atoms with Crippen LogP contribution in [-0.4, -0.2) is 29.9 Å². The van der Waals surface area contributed by atoms with Crippen LogP contribution >= 0.6 is 0 Å². The highest BCUT2D eigenvalue weighted by molar-refractivity contribution is 5.86. The largest absolute Gasteiger partial charge is 0.462 e. The van der Waals surface area contributed by atoms with Crippen LogP contribution in [-0.2, 0) is 14.3 Å². The number of hydrogen-bond donors (Lipinski definition) is 0. The first-order valence-corrected chi connectivity index (χ1v) is 6.27. The average molecular weight is 253 g/mol. The fourth-order valence-corrected chi connectivity index (χ4v) is 1.29. The van der Waals surface area contributed by atoms with Crippen LogP contribution in [0.25, 0.3) is 0 Å². The Morgan fingerprint density at radius 3 is 2.56 bits per heavy atom. The summed E-state index contributed by atoms with van der Waals surface area (Å²) in [6.07, 6.45) is 5.26. The van der Waals surface area contributed by atoms with Gasteiger partial charge in [0.2, 0.25) is 5.91 Å². The molecule has 1 fully saturated rings. The molecule has 18 heavy (non-hydrogen) atoms. The molecule has 4 nitrogen and oxygen atoms in total. The lowest BCUT2D eigenvalue weighted by atomic mass is 10.3. The van der Waals surface area contributed by atoms with Crippen LogP contribution in [0.3, 0.4) is 0 Å². The van der Waals surface area contributed by atoms with Crippen molar-refractivity contribution in [3.05, 3.63) is 24.9 Å². The Balaban J connectivity index is 0.000000327. The maximum Gasteiger partial charge on any atom is 0.333 e. The molecule has 0 unspecified atom stereocenters. The number of ether oxygens (including phenoxy) is 1. The van der Waals surface area contributed by atoms with Gasteiger partial charge in [0.05, 0.1) is 6.61 Å². The van der Waals surface area contributed by atoms with Gasteiger partial charge in [0.25, 0.3) is 0 Å². The fraction of sp³-hybridized carbons (Fsp3) is 0.571. The quantitative estimate of drug-likeness (QED) is 0.430. The summed E-state index contributed by atoms with van der Waals surface area (Å²) in [6, 6.07) is 0. The Kier molecular flexibility index (Phi) is 8.62. The van der Waals surface area contributed by atoms with E-state index in [-0.39, 0.29) is 11.9 Å². The summed E-state index contributed by atoms with van der Waals surface area (Å²) in [4.78, 5) is 23.0. The molecule has 0 aromatic carbocycles. The molecular weight excluding hydrogens is 230 g/mol. The minimum Gasteiger partial charge on any atom is -0.462 e. The van der Waals surface area contributed by atoms with Crippen LogP contribution in [0.1, 0.15) is 39.5 Å². The highest BCUT2D eigenvalue weighted by atomic mass is 16.5. The molecule has 102 valence electrons. The number of amides is 1. The first-order chi connectivity index (χ1) is 8.52. The summed E-state index contributed by atoms with van der Waals surface area (Å²) in [5.74, 6) is -0.0755. The summed E-state index contributed by atoms with van der Waals surface area (Å²) in [5.41, 5.74) is 0.469. The van der Waals surface area contributed by atoms with Crippen molar-refractivity contribution in [2.24, 2.45) is 0 Å². The minimum absolute atomic E-state index is 0.208. The second-order valence-corrected chi connectivity index (χ2v) is 4.14. The van der Waals surface area contributed by atoms with Crippen LogP contribution in [0, 0.1) is 0 Å². The van der Waals surface area contributed by atoms with Crippen LogP contribution < -0.4 is 0 Å². The normalized spacial score (nSPS) is 13.7. The molecule has 1 aliphatic rings. The molecule has 0 spiro atoms. The zero-order chi connectivity index (χ0) is 14.0. The van der Waals surface area contributed by atoms with Crippen molar-refractivity contribution in [3.63, 3.8) is 0 Å². The maximum atomic E-state index is 10.7. The second-order valence-electron chi connectivity index (χ2n) is 4.14. The number of carbonyl (C=O) groups is 2. The van der Waals surface area contributed by atoms with Gasteiger partial charge in [0.1, 0.15) is 0 Å². The van der Waals surface area contributed by atoms with E-state index in [2.05, 4.69) is 20.1 Å². The van der Waals surface area contributed by atoms with Crippen molar-refractivity contribution in [2.45, 2.75) is 39.5 Å². The van der Waals surface area contributed by atoms with E-state index in [9.17, 15) is 9.59 Å². The smallest absolute Gasteiger partial charge is 0.333 e. The van der Waals surface area contributed by atoms with E-state index in [1.807, 2.05) is 0 Å². The molecule has 0 aliphatic carbocycles. The third kappa shape index (κ3) is 6.89. The van der Waals surface area contributed by atoms with Gasteiger partial charge in [-0.15, -0.1) is 0 Å². The number of likely N-dealkylation sites (tertiary alicyclic amines) is 1. The van der Waals surface area contributed by atoms with Crippen molar-refractivity contribution < 1.29 is 14.3 Å². The van der Waals surface area contributed by atoms with Crippen LogP contribution in [0.4, 0.5) is 0 Å². The summed E-state index contributed by atoms with van der Waals surface area (Å²) in [6.45, 7) is 12.0. The predicted molar refractivity (Wildman–Crippen MR) is 71.8 cm³/mol. The standard InChI is InChI=1S/C8H14O2.C6H9NO/c1-4-5-6-10-8(9)7(2)3;1-2-7-5-3-4-6(7)8/h2,4-6H2,1,3H3;2H,1,3-5H2. The molecule has 0 saturated carbocycles. The van der Waals surface area contributed by atoms with Crippen LogP contribution in [0.15, 0.2) is 24.9 Å². The molecule has 1 aliphatic heterocycles. The number of esters is 1. The van der Waals surface area contributed by atoms with E-state index in [1.165, 1.54) is 0 Å². The molecular formula is C14H23NO3. The topological polar surface area (TPSA) is 46.6 Å². The highest BCUT2D eigenvalue weighted by Crippen LogP contribution is 2.08. The number of rotatable bonds is 5. The molecule has 0 atom stereocenters. The molecule has 1 rings (SSSR count). The summed E-state index contributed by atoms with van der Waals surface area (Å²) < 4.78 is 4.81. The van der Waals surface area contributed by atoms with E-state index in [4.69, 9.17) is 4.74 Å². The fourth-order valence-electron chi connectivity index (χ4n) is 1.29. The zero-order valence-corrected chi connectivity index (χ0v) is 11.4. The van der Waals surface area contributed by atoms with Crippen molar-refractivity contribution in [1.29, 1.82) is 0 Å². The molecule has 0 radical (unpaired) electrons. The number of nitrogens with zero attached hydrogens (tertiary/aromatic N) is 1. The lowest BCUT2D eigenvalue weighted by Gasteiger charge is -2.05. The van der Waals surface area contributed by atoms with Crippen molar-refractivity contribution in [2.75, 3.05) is 13.2 Å². The Morgan fingerprint density at radius 2 is 2.22 bits per heavy atom. The van der Waals surface area contributed by atoms with Gasteiger partial charge in [-0.1, -0.05) is 26.5 Å². The van der Waals surface area contributed by atoms with Gasteiger partial charge in [0.15, 0.2) is 0 Å². The third-order valence-corrected chi connectivity index (χ3v) is 2.41. The van der Waals surface area contributed by atoms with Crippen molar-refractivity contribution in [3.8, 4) is 0 Å². The zero-order valence-electron chi connectivity index (χ0n) is 11.4. The van der Waals surface area contributed by atoms with Gasteiger partial charge in [-0.3, -0.25) is 4.79 Å². The van der Waals surface area contributed by atoms with Gasteiger partial charge in [-0.25, -0.2) is 4.79 Å². The molecule has 1 saturated heterocycles. The monoisotopic (exact) mass is 253 g/mol. The van der Waals surface area contributed by atoms with E-state index in [0.29, 0.717) is 18.6 Å². The average Bonchev–Trinajstić information content (AvgIpc) is 2.75. The molecule has 1 amide bonds. The summed E-state index contributed by atoms with van der Waals surface area (Å²) in [5, 5.41) is 0. The van der Waals surface area contributed by atoms with Crippen LogP contribution in [0.5, 0.6) is 0 Å². The van der Waals surface area contributed by atoms with Crippen LogP contribution in [0.2, 0.25) is 0 Å². The maximum absolute atomic E-state index is 10.7. The molecule has 0 aromatic rings. The SMILES string of the molecule is C=C(C)C(=O)OCCCC.C=CN1CCCC1=O. The van der Waals surface area contributed by atoms with E-state index >= 15 is 0 Å². The Bertz CT molecular complexity index is 310. The van der Waals surface area contributed by atoms with Gasteiger partial charge < -0.3 is 9.64 Å². The highest BCUT2D eigenvalue weighted by Gasteiger charge is 2.15. The third-order valence-electron chi connectivity index (χ3n) is 2.41. The molecule has 1 heterocycles. The first-order valence-electron chi connectivity index (χ1n) is 6.27. The van der Waals surface area contributed by atoms with Gasteiger partial charge in [0, 0.05) is 18.5 Å². The lowest BCUT2D eigenvalue weighted by Crippen LogP contribution is -2.16. The predicted octanol–water partition coefficient (Wildman–Crippen LogP) is 2.66. The second kappa shape index (κ2) is 9.45.